The molecule has 1 aliphatic heterocycles. The fraction of sp³-hybridized carbons (Fsp3) is 0.200. The van der Waals surface area contributed by atoms with Crippen molar-refractivity contribution in [1.29, 1.82) is 0 Å². The molecule has 1 atom stereocenters. The summed E-state index contributed by atoms with van der Waals surface area (Å²) < 4.78 is 5.25. The first kappa shape index (κ1) is 18.9. The first-order valence-corrected chi connectivity index (χ1v) is 9.78. The normalized spacial score (nSPS) is 16.1. The van der Waals surface area contributed by atoms with E-state index >= 15 is 0 Å². The summed E-state index contributed by atoms with van der Waals surface area (Å²) in [6.07, 6.45) is 0.609. The molecule has 3 aromatic carbocycles. The van der Waals surface area contributed by atoms with Crippen LogP contribution in [-0.2, 0) is 17.8 Å². The van der Waals surface area contributed by atoms with Gasteiger partial charge in [-0.25, -0.2) is 0 Å². The van der Waals surface area contributed by atoms with E-state index < -0.39 is 0 Å². The van der Waals surface area contributed by atoms with Gasteiger partial charge in [0.15, 0.2) is 0 Å². The number of amides is 1. The number of hydrogen-bond acceptors (Lipinski definition) is 3. The maximum atomic E-state index is 13.7. The quantitative estimate of drug-likeness (QED) is 0.607. The molecule has 4 rings (SSSR count). The molecule has 1 heterocycles. The summed E-state index contributed by atoms with van der Waals surface area (Å²) in [4.78, 5) is 20.4. The van der Waals surface area contributed by atoms with E-state index in [2.05, 4.69) is 0 Å². The van der Waals surface area contributed by atoms with E-state index in [1.807, 2.05) is 90.7 Å². The number of nitrogens with zero attached hydrogens (tertiary/aromatic N) is 2. The number of rotatable bonds is 5. The van der Waals surface area contributed by atoms with Crippen LogP contribution in [0.5, 0.6) is 5.75 Å². The molecule has 4 nitrogen and oxygen atoms in total. The summed E-state index contributed by atoms with van der Waals surface area (Å²) in [6, 6.07) is 25.8. The zero-order chi connectivity index (χ0) is 20.2. The molecule has 0 N–H and O–H groups in total. The molecular formula is C25H24N2O2. The maximum absolute atomic E-state index is 13.7. The van der Waals surface area contributed by atoms with Gasteiger partial charge in [0.05, 0.1) is 30.9 Å². The zero-order valence-corrected chi connectivity index (χ0v) is 16.7. The molecule has 0 aliphatic carbocycles. The lowest BCUT2D eigenvalue weighted by molar-refractivity contribution is -0.120. The van der Waals surface area contributed by atoms with Crippen molar-refractivity contribution in [3.05, 3.63) is 90.0 Å². The molecular weight excluding hydrogens is 360 g/mol. The Balaban J connectivity index is 1.69. The first-order valence-electron chi connectivity index (χ1n) is 9.78. The van der Waals surface area contributed by atoms with Crippen molar-refractivity contribution >= 4 is 23.0 Å². The van der Waals surface area contributed by atoms with Gasteiger partial charge in [-0.15, -0.1) is 0 Å². The summed E-state index contributed by atoms with van der Waals surface area (Å²) in [5, 5.41) is 0. The van der Waals surface area contributed by atoms with Crippen LogP contribution in [0.4, 0.5) is 11.4 Å². The number of fused-ring (bicyclic) bond motifs is 1. The predicted molar refractivity (Wildman–Crippen MR) is 117 cm³/mol. The Hall–Kier alpha value is -3.40. The highest BCUT2D eigenvalue weighted by atomic mass is 16.5. The summed E-state index contributed by atoms with van der Waals surface area (Å²) >= 11 is 0. The van der Waals surface area contributed by atoms with Gasteiger partial charge in [0.25, 0.3) is 0 Å². The Morgan fingerprint density at radius 2 is 1.59 bits per heavy atom. The van der Waals surface area contributed by atoms with Crippen LogP contribution in [0.25, 0.3) is 0 Å². The van der Waals surface area contributed by atoms with Gasteiger partial charge in [0.2, 0.25) is 5.91 Å². The van der Waals surface area contributed by atoms with E-state index in [9.17, 15) is 4.79 Å². The van der Waals surface area contributed by atoms with Crippen LogP contribution in [0.3, 0.4) is 0 Å². The number of aliphatic imine (C=N–C) groups is 1. The van der Waals surface area contributed by atoms with E-state index in [-0.39, 0.29) is 11.8 Å². The van der Waals surface area contributed by atoms with Gasteiger partial charge >= 0.3 is 0 Å². The molecule has 0 spiro atoms. The van der Waals surface area contributed by atoms with Crippen molar-refractivity contribution in [3.8, 4) is 5.75 Å². The van der Waals surface area contributed by atoms with Gasteiger partial charge < -0.3 is 9.64 Å². The molecule has 0 radical (unpaired) electrons. The molecule has 1 aliphatic rings. The third-order valence-corrected chi connectivity index (χ3v) is 5.32. The smallest absolute Gasteiger partial charge is 0.236 e. The molecule has 0 bridgehead atoms. The highest BCUT2D eigenvalue weighted by Gasteiger charge is 2.32. The Kier molecular flexibility index (Phi) is 5.43. The Morgan fingerprint density at radius 3 is 2.31 bits per heavy atom. The second kappa shape index (κ2) is 8.31. The number of carbonyl (C=O) groups is 1. The Labute approximate surface area is 171 Å². The zero-order valence-electron chi connectivity index (χ0n) is 16.7. The van der Waals surface area contributed by atoms with Crippen LogP contribution < -0.4 is 9.64 Å². The molecule has 0 saturated heterocycles. The van der Waals surface area contributed by atoms with Crippen molar-refractivity contribution in [1.82, 2.24) is 0 Å². The second-order valence-corrected chi connectivity index (χ2v) is 7.26. The van der Waals surface area contributed by atoms with Crippen LogP contribution in [0.2, 0.25) is 0 Å². The van der Waals surface area contributed by atoms with Crippen LogP contribution >= 0.6 is 0 Å². The minimum absolute atomic E-state index is 0.0795. The molecule has 3 aromatic rings. The first-order chi connectivity index (χ1) is 14.2. The van der Waals surface area contributed by atoms with Gasteiger partial charge in [0.1, 0.15) is 5.75 Å². The van der Waals surface area contributed by atoms with Crippen molar-refractivity contribution in [2.45, 2.75) is 19.9 Å². The summed E-state index contributed by atoms with van der Waals surface area (Å²) in [6.45, 7) is 2.48. The molecule has 0 saturated carbocycles. The number of benzene rings is 3. The number of carbonyl (C=O) groups excluding carboxylic acids is 1. The fourth-order valence-electron chi connectivity index (χ4n) is 3.70. The fourth-order valence-corrected chi connectivity index (χ4v) is 3.70. The minimum Gasteiger partial charge on any atom is -0.497 e. The largest absolute Gasteiger partial charge is 0.497 e. The molecule has 0 fully saturated rings. The number of ether oxygens (including phenoxy) is 1. The van der Waals surface area contributed by atoms with Crippen LogP contribution in [-0.4, -0.2) is 18.7 Å². The van der Waals surface area contributed by atoms with Crippen molar-refractivity contribution in [2.24, 2.45) is 10.9 Å². The van der Waals surface area contributed by atoms with Gasteiger partial charge in [0, 0.05) is 5.71 Å². The van der Waals surface area contributed by atoms with Crippen molar-refractivity contribution in [3.63, 3.8) is 0 Å². The second-order valence-electron chi connectivity index (χ2n) is 7.26. The average Bonchev–Trinajstić information content (AvgIpc) is 2.85. The van der Waals surface area contributed by atoms with Crippen molar-refractivity contribution in [2.75, 3.05) is 12.0 Å². The highest BCUT2D eigenvalue weighted by molar-refractivity contribution is 6.13. The van der Waals surface area contributed by atoms with Gasteiger partial charge in [-0.05, 0) is 48.7 Å². The Bertz CT molecular complexity index is 1030. The van der Waals surface area contributed by atoms with Gasteiger partial charge in [-0.1, -0.05) is 54.6 Å². The molecule has 1 amide bonds. The SMILES string of the molecule is COc1ccc(CC2C(=O)N(Cc3ccccc3)c3ccccc3N=C2C)cc1. The van der Waals surface area contributed by atoms with E-state index in [1.165, 1.54) is 0 Å². The predicted octanol–water partition coefficient (Wildman–Crippen LogP) is 5.19. The molecule has 1 unspecified atom stereocenters. The van der Waals surface area contributed by atoms with E-state index in [0.717, 1.165) is 34.0 Å². The van der Waals surface area contributed by atoms with E-state index in [0.29, 0.717) is 13.0 Å². The Morgan fingerprint density at radius 1 is 0.897 bits per heavy atom. The van der Waals surface area contributed by atoms with Gasteiger partial charge in [-0.2, -0.15) is 0 Å². The van der Waals surface area contributed by atoms with Crippen molar-refractivity contribution < 1.29 is 9.53 Å². The van der Waals surface area contributed by atoms with E-state index in [4.69, 9.17) is 9.73 Å². The molecule has 146 valence electrons. The number of methoxy groups -OCH3 is 1. The highest BCUT2D eigenvalue weighted by Crippen LogP contribution is 2.35. The standard InChI is InChI=1S/C25H24N2O2/c1-18-22(16-19-12-14-21(29-2)15-13-19)25(28)27(17-20-8-4-3-5-9-20)24-11-7-6-10-23(24)26-18/h3-15,22H,16-17H2,1-2H3. The summed E-state index contributed by atoms with van der Waals surface area (Å²) in [5.74, 6) is 0.583. The molecule has 29 heavy (non-hydrogen) atoms. The lowest BCUT2D eigenvalue weighted by Gasteiger charge is -2.26. The topological polar surface area (TPSA) is 41.9 Å². The van der Waals surface area contributed by atoms with Crippen LogP contribution in [0, 0.1) is 5.92 Å². The maximum Gasteiger partial charge on any atom is 0.236 e. The third kappa shape index (κ3) is 4.06. The van der Waals surface area contributed by atoms with Crippen LogP contribution in [0.15, 0.2) is 83.9 Å². The summed E-state index contributed by atoms with van der Waals surface area (Å²) in [7, 11) is 1.65. The molecule has 0 aromatic heterocycles. The van der Waals surface area contributed by atoms with Crippen LogP contribution in [0.1, 0.15) is 18.1 Å². The number of hydrogen-bond donors (Lipinski definition) is 0. The molecule has 4 heteroatoms. The monoisotopic (exact) mass is 384 g/mol. The van der Waals surface area contributed by atoms with Gasteiger partial charge in [-0.3, -0.25) is 9.79 Å². The lowest BCUT2D eigenvalue weighted by Crippen LogP contribution is -2.38. The minimum atomic E-state index is -0.306. The third-order valence-electron chi connectivity index (χ3n) is 5.32. The number of para-hydroxylation sites is 2. The summed E-state index contributed by atoms with van der Waals surface area (Å²) in [5.41, 5.74) is 4.72. The lowest BCUT2D eigenvalue weighted by atomic mass is 9.93. The number of anilines is 1. The average molecular weight is 384 g/mol. The van der Waals surface area contributed by atoms with E-state index in [1.54, 1.807) is 7.11 Å².